The lowest BCUT2D eigenvalue weighted by Gasteiger charge is -2.48. The molecule has 4 rings (SSSR count). The Morgan fingerprint density at radius 1 is 1.00 bits per heavy atom. The van der Waals surface area contributed by atoms with Crippen LogP contribution in [0.2, 0.25) is 5.02 Å². The van der Waals surface area contributed by atoms with Crippen LogP contribution in [0.1, 0.15) is 42.5 Å². The predicted octanol–water partition coefficient (Wildman–Crippen LogP) is 4.11. The first-order valence-corrected chi connectivity index (χ1v) is 11.7. The number of rotatable bonds is 7. The van der Waals surface area contributed by atoms with Crippen molar-refractivity contribution in [3.05, 3.63) is 53.1 Å². The van der Waals surface area contributed by atoms with Gasteiger partial charge in [0.05, 0.1) is 31.5 Å². The molecule has 2 aliphatic heterocycles. The second kappa shape index (κ2) is 10.4. The number of amides is 2. The molecule has 2 aromatic carbocycles. The largest absolute Gasteiger partial charge is 0.496 e. The van der Waals surface area contributed by atoms with E-state index < -0.39 is 0 Å². The molecular weight excluding hydrogens is 442 g/mol. The van der Waals surface area contributed by atoms with Gasteiger partial charge in [-0.25, -0.2) is 0 Å². The van der Waals surface area contributed by atoms with E-state index in [0.29, 0.717) is 34.3 Å². The fourth-order valence-electron chi connectivity index (χ4n) is 5.11. The van der Waals surface area contributed by atoms with Crippen LogP contribution in [0, 0.1) is 0 Å². The summed E-state index contributed by atoms with van der Waals surface area (Å²) in [5.41, 5.74) is 1.04. The molecule has 176 valence electrons. The van der Waals surface area contributed by atoms with E-state index in [9.17, 15) is 9.59 Å². The fraction of sp³-hybridized carbons (Fsp3) is 0.440. The summed E-state index contributed by atoms with van der Waals surface area (Å²) in [7, 11) is 3.09. The van der Waals surface area contributed by atoms with Gasteiger partial charge < -0.3 is 20.1 Å². The summed E-state index contributed by atoms with van der Waals surface area (Å²) in [6.07, 6.45) is 4.78. The molecule has 2 atom stereocenters. The second-order valence-corrected chi connectivity index (χ2v) is 9.03. The highest BCUT2D eigenvalue weighted by molar-refractivity contribution is 6.33. The first kappa shape index (κ1) is 23.4. The van der Waals surface area contributed by atoms with Crippen molar-refractivity contribution in [3.8, 4) is 11.5 Å². The summed E-state index contributed by atoms with van der Waals surface area (Å²) in [5, 5.41) is 6.64. The van der Waals surface area contributed by atoms with Crippen LogP contribution < -0.4 is 20.1 Å². The van der Waals surface area contributed by atoms with Crippen LogP contribution in [0.25, 0.3) is 0 Å². The molecule has 7 nitrogen and oxygen atoms in total. The number of methoxy groups -OCH3 is 2. The fourth-order valence-corrected chi connectivity index (χ4v) is 5.29. The molecule has 2 fully saturated rings. The van der Waals surface area contributed by atoms with Crippen molar-refractivity contribution in [2.75, 3.05) is 26.1 Å². The summed E-state index contributed by atoms with van der Waals surface area (Å²) >= 11 is 6.18. The van der Waals surface area contributed by atoms with Gasteiger partial charge >= 0.3 is 0 Å². The van der Waals surface area contributed by atoms with E-state index >= 15 is 0 Å². The predicted molar refractivity (Wildman–Crippen MR) is 128 cm³/mol. The Hall–Kier alpha value is -2.77. The van der Waals surface area contributed by atoms with Gasteiger partial charge in [-0.1, -0.05) is 36.2 Å². The van der Waals surface area contributed by atoms with E-state index in [0.717, 1.165) is 32.1 Å². The van der Waals surface area contributed by atoms with Gasteiger partial charge in [0.1, 0.15) is 17.1 Å². The molecule has 2 aliphatic rings. The number of halogens is 1. The van der Waals surface area contributed by atoms with Crippen molar-refractivity contribution in [1.29, 1.82) is 0 Å². The standard InChI is InChI=1S/C25H30ClN3O4/c1-32-21-11-6-12-22(33-2)24(21)25(31)27-16-13-17-7-5-8-18(14-16)29(17)15-23(30)28-20-10-4-3-9-19(20)26/h3-4,6,9-12,16-18H,5,7-8,13-15H2,1-2H3,(H,27,31)(H,28,30). The van der Waals surface area contributed by atoms with E-state index in [2.05, 4.69) is 15.5 Å². The van der Waals surface area contributed by atoms with Crippen molar-refractivity contribution in [1.82, 2.24) is 10.2 Å². The molecule has 2 saturated heterocycles. The third-order valence-electron chi connectivity index (χ3n) is 6.59. The zero-order chi connectivity index (χ0) is 23.4. The number of fused-ring (bicyclic) bond motifs is 2. The molecular formula is C25H30ClN3O4. The Kier molecular flexibility index (Phi) is 7.40. The molecule has 0 saturated carbocycles. The van der Waals surface area contributed by atoms with Crippen LogP contribution in [-0.2, 0) is 4.79 Å². The number of hydrogen-bond acceptors (Lipinski definition) is 5. The van der Waals surface area contributed by atoms with Crippen LogP contribution in [0.15, 0.2) is 42.5 Å². The van der Waals surface area contributed by atoms with E-state index in [1.807, 2.05) is 12.1 Å². The first-order valence-electron chi connectivity index (χ1n) is 11.3. The van der Waals surface area contributed by atoms with E-state index in [1.165, 1.54) is 0 Å². The number of ether oxygens (including phenoxy) is 2. The van der Waals surface area contributed by atoms with Crippen molar-refractivity contribution in [2.45, 2.75) is 50.2 Å². The molecule has 8 heteroatoms. The van der Waals surface area contributed by atoms with Crippen molar-refractivity contribution in [2.24, 2.45) is 0 Å². The topological polar surface area (TPSA) is 79.9 Å². The van der Waals surface area contributed by atoms with Crippen molar-refractivity contribution >= 4 is 29.1 Å². The van der Waals surface area contributed by atoms with E-state index in [4.69, 9.17) is 21.1 Å². The minimum atomic E-state index is -0.197. The van der Waals surface area contributed by atoms with Crippen molar-refractivity contribution < 1.29 is 19.1 Å². The van der Waals surface area contributed by atoms with Crippen LogP contribution >= 0.6 is 11.6 Å². The monoisotopic (exact) mass is 471 g/mol. The maximum Gasteiger partial charge on any atom is 0.259 e. The SMILES string of the molecule is COc1cccc(OC)c1C(=O)NC1CC2CCCC(C1)N2CC(=O)Nc1ccccc1Cl. The number of carbonyl (C=O) groups excluding carboxylic acids is 2. The molecule has 2 bridgehead atoms. The van der Waals surface area contributed by atoms with Gasteiger partial charge in [0, 0.05) is 18.1 Å². The zero-order valence-electron chi connectivity index (χ0n) is 19.0. The second-order valence-electron chi connectivity index (χ2n) is 8.62. The lowest BCUT2D eigenvalue weighted by molar-refractivity contribution is -0.120. The smallest absolute Gasteiger partial charge is 0.259 e. The normalized spacial score (nSPS) is 22.3. The molecule has 0 aromatic heterocycles. The Bertz CT molecular complexity index is 979. The van der Waals surface area contributed by atoms with Gasteiger partial charge in [0.2, 0.25) is 5.91 Å². The molecule has 2 heterocycles. The Balaban J connectivity index is 1.41. The third-order valence-corrected chi connectivity index (χ3v) is 6.92. The summed E-state index contributed by atoms with van der Waals surface area (Å²) in [6, 6.07) is 13.1. The number of benzene rings is 2. The number of nitrogens with one attached hydrogen (secondary N) is 2. The minimum absolute atomic E-state index is 0.0327. The highest BCUT2D eigenvalue weighted by atomic mass is 35.5. The first-order chi connectivity index (χ1) is 16.0. The maximum atomic E-state index is 13.1. The number of carbonyl (C=O) groups is 2. The summed E-state index contributed by atoms with van der Waals surface area (Å²) in [4.78, 5) is 28.2. The lowest BCUT2D eigenvalue weighted by atomic mass is 9.81. The average molecular weight is 472 g/mol. The van der Waals surface area contributed by atoms with E-state index in [-0.39, 0.29) is 29.9 Å². The number of piperidine rings is 2. The van der Waals surface area contributed by atoms with Gasteiger partial charge in [-0.05, 0) is 49.9 Å². The minimum Gasteiger partial charge on any atom is -0.496 e. The van der Waals surface area contributed by atoms with Gasteiger partial charge in [0.15, 0.2) is 0 Å². The van der Waals surface area contributed by atoms with Crippen LogP contribution in [-0.4, -0.2) is 55.6 Å². The lowest BCUT2D eigenvalue weighted by Crippen LogP contribution is -2.58. The van der Waals surface area contributed by atoms with Crippen LogP contribution in [0.4, 0.5) is 5.69 Å². The number of anilines is 1. The molecule has 33 heavy (non-hydrogen) atoms. The number of para-hydroxylation sites is 1. The Labute approximate surface area is 199 Å². The molecule has 2 N–H and O–H groups in total. The highest BCUT2D eigenvalue weighted by Crippen LogP contribution is 2.35. The van der Waals surface area contributed by atoms with Crippen LogP contribution in [0.5, 0.6) is 11.5 Å². The Morgan fingerprint density at radius 2 is 1.64 bits per heavy atom. The zero-order valence-corrected chi connectivity index (χ0v) is 19.7. The number of hydrogen-bond donors (Lipinski definition) is 2. The average Bonchev–Trinajstić information content (AvgIpc) is 2.80. The van der Waals surface area contributed by atoms with Crippen molar-refractivity contribution in [3.63, 3.8) is 0 Å². The molecule has 0 spiro atoms. The maximum absolute atomic E-state index is 13.1. The summed E-state index contributed by atoms with van der Waals surface area (Å²) in [5.74, 6) is 0.708. The van der Waals surface area contributed by atoms with E-state index in [1.54, 1.807) is 44.6 Å². The highest BCUT2D eigenvalue weighted by Gasteiger charge is 2.39. The molecule has 2 unspecified atom stereocenters. The summed E-state index contributed by atoms with van der Waals surface area (Å²) < 4.78 is 10.8. The molecule has 0 aliphatic carbocycles. The van der Waals surface area contributed by atoms with Crippen LogP contribution in [0.3, 0.4) is 0 Å². The Morgan fingerprint density at radius 3 is 2.24 bits per heavy atom. The quantitative estimate of drug-likeness (QED) is 0.635. The third kappa shape index (κ3) is 5.25. The van der Waals surface area contributed by atoms with Gasteiger partial charge in [-0.15, -0.1) is 0 Å². The molecule has 2 amide bonds. The van der Waals surface area contributed by atoms with Gasteiger partial charge in [-0.2, -0.15) is 0 Å². The van der Waals surface area contributed by atoms with Gasteiger partial charge in [0.25, 0.3) is 5.91 Å². The number of nitrogens with zero attached hydrogens (tertiary/aromatic N) is 1. The van der Waals surface area contributed by atoms with Gasteiger partial charge in [-0.3, -0.25) is 14.5 Å². The molecule has 0 radical (unpaired) electrons. The summed E-state index contributed by atoms with van der Waals surface area (Å²) in [6.45, 7) is 0.321. The molecule has 2 aromatic rings.